The summed E-state index contributed by atoms with van der Waals surface area (Å²) in [6, 6.07) is 19.8. The van der Waals surface area contributed by atoms with Crippen LogP contribution in [0.2, 0.25) is 0 Å². The molecule has 146 valence electrons. The molecule has 0 unspecified atom stereocenters. The Bertz CT molecular complexity index is 797. The Morgan fingerprint density at radius 2 is 1.46 bits per heavy atom. The Morgan fingerprint density at radius 3 is 2.07 bits per heavy atom. The highest BCUT2D eigenvalue weighted by atomic mass is 16.2. The largest absolute Gasteiger partial charge is 0.348 e. The highest BCUT2D eigenvalue weighted by Crippen LogP contribution is 2.21. The molecule has 2 aliphatic rings. The van der Waals surface area contributed by atoms with E-state index < -0.39 is 0 Å². The maximum atomic E-state index is 12.9. The lowest BCUT2D eigenvalue weighted by molar-refractivity contribution is -0.927. The molecule has 28 heavy (non-hydrogen) atoms. The van der Waals surface area contributed by atoms with Crippen LogP contribution in [0, 0.1) is 5.92 Å². The average Bonchev–Trinajstić information content (AvgIpc) is 3.54. The first-order chi connectivity index (χ1) is 13.7. The number of carbonyl (C=O) groups excluding carboxylic acids is 2. The molecular formula is C23H28N3O2+. The summed E-state index contributed by atoms with van der Waals surface area (Å²) in [5.74, 6) is 0.215. The van der Waals surface area contributed by atoms with Crippen molar-refractivity contribution in [1.82, 2.24) is 5.32 Å². The molecule has 2 aromatic rings. The highest BCUT2D eigenvalue weighted by Gasteiger charge is 2.38. The van der Waals surface area contributed by atoms with Crippen molar-refractivity contribution in [1.29, 1.82) is 0 Å². The normalized spacial score (nSPS) is 22.9. The molecule has 1 saturated carbocycles. The van der Waals surface area contributed by atoms with Gasteiger partial charge in [0, 0.05) is 36.1 Å². The second kappa shape index (κ2) is 8.57. The van der Waals surface area contributed by atoms with E-state index in [0.717, 1.165) is 50.0 Å². The van der Waals surface area contributed by atoms with Crippen molar-refractivity contribution in [2.24, 2.45) is 5.92 Å². The second-order valence-corrected chi connectivity index (χ2v) is 7.91. The lowest BCUT2D eigenvalue weighted by Crippen LogP contribution is -3.14. The Kier molecular flexibility index (Phi) is 5.72. The molecule has 2 fully saturated rings. The van der Waals surface area contributed by atoms with Crippen molar-refractivity contribution in [3.05, 3.63) is 66.2 Å². The number of para-hydroxylation sites is 1. The van der Waals surface area contributed by atoms with E-state index in [9.17, 15) is 9.59 Å². The van der Waals surface area contributed by atoms with Crippen LogP contribution in [0.3, 0.4) is 0 Å². The molecule has 4 rings (SSSR count). The van der Waals surface area contributed by atoms with Gasteiger partial charge in [-0.05, 0) is 25.0 Å². The minimum Gasteiger partial charge on any atom is -0.348 e. The molecule has 1 aliphatic heterocycles. The minimum atomic E-state index is -0.195. The summed E-state index contributed by atoms with van der Waals surface area (Å²) in [7, 11) is 0. The Labute approximate surface area is 166 Å². The van der Waals surface area contributed by atoms with Crippen molar-refractivity contribution < 1.29 is 14.5 Å². The van der Waals surface area contributed by atoms with E-state index in [-0.39, 0.29) is 23.8 Å². The number of anilines is 1. The summed E-state index contributed by atoms with van der Waals surface area (Å²) in [4.78, 5) is 26.8. The molecular weight excluding hydrogens is 350 g/mol. The van der Waals surface area contributed by atoms with Crippen LogP contribution >= 0.6 is 0 Å². The van der Waals surface area contributed by atoms with E-state index in [1.807, 2.05) is 60.7 Å². The Balaban J connectivity index is 1.39. The van der Waals surface area contributed by atoms with Gasteiger partial charge in [-0.1, -0.05) is 48.5 Å². The standard InChI is InChI=1S/C23H27N3O2/c27-22(24-19-9-5-2-6-10-19)18-13-15-26(16-14-18)21(17-7-3-1-4-8-17)23(28)25-20-11-12-20/h1-10,18,20-21H,11-16H2,(H,24,27)(H,25,28)/p+1/t21-/m1/s1. The number of amides is 2. The average molecular weight is 378 g/mol. The van der Waals surface area contributed by atoms with Crippen LogP contribution in [-0.2, 0) is 9.59 Å². The maximum Gasteiger partial charge on any atom is 0.283 e. The van der Waals surface area contributed by atoms with Gasteiger partial charge >= 0.3 is 0 Å². The highest BCUT2D eigenvalue weighted by molar-refractivity contribution is 5.92. The van der Waals surface area contributed by atoms with Crippen LogP contribution in [0.1, 0.15) is 37.3 Å². The number of benzene rings is 2. The van der Waals surface area contributed by atoms with Gasteiger partial charge in [0.1, 0.15) is 0 Å². The smallest absolute Gasteiger partial charge is 0.283 e. The van der Waals surface area contributed by atoms with Gasteiger partial charge in [-0.25, -0.2) is 0 Å². The number of quaternary nitrogens is 1. The zero-order chi connectivity index (χ0) is 19.3. The molecule has 5 nitrogen and oxygen atoms in total. The molecule has 0 spiro atoms. The van der Waals surface area contributed by atoms with E-state index in [1.165, 1.54) is 4.90 Å². The first-order valence-electron chi connectivity index (χ1n) is 10.3. The van der Waals surface area contributed by atoms with Gasteiger partial charge in [-0.2, -0.15) is 0 Å². The van der Waals surface area contributed by atoms with E-state index in [2.05, 4.69) is 10.6 Å². The van der Waals surface area contributed by atoms with Gasteiger partial charge < -0.3 is 15.5 Å². The lowest BCUT2D eigenvalue weighted by Gasteiger charge is -2.33. The molecule has 1 heterocycles. The molecule has 0 bridgehead atoms. The van der Waals surface area contributed by atoms with Gasteiger partial charge in [0.05, 0.1) is 13.1 Å². The van der Waals surface area contributed by atoms with Crippen LogP contribution in [0.4, 0.5) is 5.69 Å². The first-order valence-corrected chi connectivity index (χ1v) is 10.3. The molecule has 2 aromatic carbocycles. The number of hydrogen-bond donors (Lipinski definition) is 3. The van der Waals surface area contributed by atoms with E-state index in [0.29, 0.717) is 6.04 Å². The summed E-state index contributed by atoms with van der Waals surface area (Å²) in [6.45, 7) is 1.65. The number of nitrogens with one attached hydrogen (secondary N) is 3. The Morgan fingerprint density at radius 1 is 0.857 bits per heavy atom. The third-order valence-corrected chi connectivity index (χ3v) is 5.77. The van der Waals surface area contributed by atoms with E-state index >= 15 is 0 Å². The summed E-state index contributed by atoms with van der Waals surface area (Å²) < 4.78 is 0. The third kappa shape index (κ3) is 4.60. The number of hydrogen-bond acceptors (Lipinski definition) is 2. The summed E-state index contributed by atoms with van der Waals surface area (Å²) >= 11 is 0. The molecule has 1 aliphatic carbocycles. The molecule has 5 heteroatoms. The van der Waals surface area contributed by atoms with E-state index in [4.69, 9.17) is 0 Å². The van der Waals surface area contributed by atoms with Crippen molar-refractivity contribution in [2.45, 2.75) is 37.8 Å². The first kappa shape index (κ1) is 18.7. The zero-order valence-electron chi connectivity index (χ0n) is 16.1. The predicted octanol–water partition coefficient (Wildman–Crippen LogP) is 1.94. The monoisotopic (exact) mass is 378 g/mol. The second-order valence-electron chi connectivity index (χ2n) is 7.91. The van der Waals surface area contributed by atoms with Crippen LogP contribution in [-0.4, -0.2) is 30.9 Å². The third-order valence-electron chi connectivity index (χ3n) is 5.77. The Hall–Kier alpha value is -2.66. The number of carbonyl (C=O) groups is 2. The summed E-state index contributed by atoms with van der Waals surface area (Å²) in [6.07, 6.45) is 3.77. The van der Waals surface area contributed by atoms with Crippen molar-refractivity contribution >= 4 is 17.5 Å². The van der Waals surface area contributed by atoms with Gasteiger partial charge in [0.2, 0.25) is 5.91 Å². The van der Waals surface area contributed by atoms with Crippen LogP contribution in [0.5, 0.6) is 0 Å². The van der Waals surface area contributed by atoms with Gasteiger partial charge in [-0.15, -0.1) is 0 Å². The maximum absolute atomic E-state index is 12.9. The molecule has 1 atom stereocenters. The minimum absolute atomic E-state index is 0.00636. The van der Waals surface area contributed by atoms with Crippen molar-refractivity contribution in [3.8, 4) is 0 Å². The SMILES string of the molecule is O=C(Nc1ccccc1)C1CC[NH+]([C@@H](C(=O)NC2CC2)c2ccccc2)CC1. The van der Waals surface area contributed by atoms with Gasteiger partial charge in [0.25, 0.3) is 5.91 Å². The number of piperidine rings is 1. The fourth-order valence-corrected chi connectivity index (χ4v) is 4.04. The topological polar surface area (TPSA) is 62.6 Å². The van der Waals surface area contributed by atoms with Crippen LogP contribution in [0.25, 0.3) is 0 Å². The molecule has 3 N–H and O–H groups in total. The van der Waals surface area contributed by atoms with Gasteiger partial charge in [0.15, 0.2) is 6.04 Å². The predicted molar refractivity (Wildman–Crippen MR) is 109 cm³/mol. The van der Waals surface area contributed by atoms with E-state index in [1.54, 1.807) is 0 Å². The quantitative estimate of drug-likeness (QED) is 0.719. The fourth-order valence-electron chi connectivity index (χ4n) is 4.04. The summed E-state index contributed by atoms with van der Waals surface area (Å²) in [5.41, 5.74) is 1.90. The number of rotatable bonds is 6. The van der Waals surface area contributed by atoms with Crippen LogP contribution < -0.4 is 15.5 Å². The molecule has 2 amide bonds. The summed E-state index contributed by atoms with van der Waals surface area (Å²) in [5, 5.41) is 6.19. The van der Waals surface area contributed by atoms with Crippen molar-refractivity contribution in [3.63, 3.8) is 0 Å². The molecule has 0 radical (unpaired) electrons. The lowest BCUT2D eigenvalue weighted by atomic mass is 9.93. The fraction of sp³-hybridized carbons (Fsp3) is 0.391. The number of likely N-dealkylation sites (tertiary alicyclic amines) is 1. The molecule has 0 aromatic heterocycles. The van der Waals surface area contributed by atoms with Crippen molar-refractivity contribution in [2.75, 3.05) is 18.4 Å². The van der Waals surface area contributed by atoms with Crippen LogP contribution in [0.15, 0.2) is 60.7 Å². The molecule has 1 saturated heterocycles. The zero-order valence-corrected chi connectivity index (χ0v) is 16.1. The van der Waals surface area contributed by atoms with Gasteiger partial charge in [-0.3, -0.25) is 9.59 Å².